The topological polar surface area (TPSA) is 63.7 Å². The number of ether oxygens (including phenoxy) is 1. The van der Waals surface area contributed by atoms with Gasteiger partial charge in [-0.25, -0.2) is 9.69 Å². The first-order valence-electron chi connectivity index (χ1n) is 10.5. The van der Waals surface area contributed by atoms with Crippen LogP contribution in [0.2, 0.25) is 19.6 Å². The molecule has 5 nitrogen and oxygen atoms in total. The third-order valence-electron chi connectivity index (χ3n) is 5.13. The Bertz CT molecular complexity index is 1380. The van der Waals surface area contributed by atoms with Gasteiger partial charge in [0.15, 0.2) is 0 Å². The molecule has 0 saturated carbocycles. The van der Waals surface area contributed by atoms with Crippen molar-refractivity contribution < 1.29 is 19.1 Å². The molecule has 3 aromatic rings. The Balaban J connectivity index is 1.75. The first-order valence-corrected chi connectivity index (χ1v) is 14.0. The van der Waals surface area contributed by atoms with Gasteiger partial charge in [-0.1, -0.05) is 44.3 Å². The minimum atomic E-state index is -1.59. The van der Waals surface area contributed by atoms with Crippen LogP contribution in [0.5, 0.6) is 5.75 Å². The summed E-state index contributed by atoms with van der Waals surface area (Å²) in [4.78, 5) is 39.6. The minimum Gasteiger partial charge on any atom is -0.423 e. The maximum atomic E-state index is 13.4. The van der Waals surface area contributed by atoms with Crippen LogP contribution in [0.25, 0.3) is 10.8 Å². The van der Waals surface area contributed by atoms with E-state index in [-0.39, 0.29) is 5.57 Å². The molecule has 1 aliphatic rings. The molecule has 0 saturated heterocycles. The van der Waals surface area contributed by atoms with E-state index >= 15 is 0 Å². The van der Waals surface area contributed by atoms with Gasteiger partial charge >= 0.3 is 5.97 Å². The molecule has 33 heavy (non-hydrogen) atoms. The summed E-state index contributed by atoms with van der Waals surface area (Å²) < 4.78 is 5.20. The van der Waals surface area contributed by atoms with Crippen LogP contribution in [0, 0.1) is 11.5 Å². The van der Waals surface area contributed by atoms with Crippen molar-refractivity contribution in [2.24, 2.45) is 0 Å². The molecular formula is C27H23NO4Si. The van der Waals surface area contributed by atoms with E-state index in [2.05, 4.69) is 37.7 Å². The maximum Gasteiger partial charge on any atom is 0.338 e. The van der Waals surface area contributed by atoms with Gasteiger partial charge in [0.2, 0.25) is 0 Å². The van der Waals surface area contributed by atoms with Crippen molar-refractivity contribution in [1.82, 2.24) is 0 Å². The van der Waals surface area contributed by atoms with Crippen LogP contribution >= 0.6 is 0 Å². The van der Waals surface area contributed by atoms with Crippen molar-refractivity contribution in [3.05, 3.63) is 83.4 Å². The van der Waals surface area contributed by atoms with Crippen molar-refractivity contribution in [2.45, 2.75) is 26.6 Å². The van der Waals surface area contributed by atoms with Gasteiger partial charge in [0, 0.05) is 27.6 Å². The van der Waals surface area contributed by atoms with Crippen molar-refractivity contribution in [3.63, 3.8) is 0 Å². The van der Waals surface area contributed by atoms with Crippen molar-refractivity contribution >= 4 is 42.3 Å². The Labute approximate surface area is 193 Å². The van der Waals surface area contributed by atoms with E-state index in [1.54, 1.807) is 43.3 Å². The lowest BCUT2D eigenvalue weighted by Crippen LogP contribution is -2.40. The summed E-state index contributed by atoms with van der Waals surface area (Å²) >= 11 is 0. The SMILES string of the molecule is C=C(C)C(=O)Oc1ccc(N2C(=O)c3cccc4c(C#C[Si](C)(C)C)ccc(c34)C2=O)cc1. The number of anilines is 1. The van der Waals surface area contributed by atoms with Crippen LogP contribution in [0.15, 0.2) is 66.7 Å². The molecule has 0 fully saturated rings. The van der Waals surface area contributed by atoms with Gasteiger partial charge in [0.05, 0.1) is 5.69 Å². The van der Waals surface area contributed by atoms with E-state index in [9.17, 15) is 14.4 Å². The first-order chi connectivity index (χ1) is 15.6. The first kappa shape index (κ1) is 22.2. The van der Waals surface area contributed by atoms with Gasteiger partial charge in [-0.3, -0.25) is 9.59 Å². The standard InChI is InChI=1S/C27H23NO4Si/c1-17(2)27(31)32-20-12-10-19(11-13-20)28-25(29)22-8-6-7-21-18(15-16-33(3,4)5)9-14-23(24(21)22)26(28)30/h6-14H,1H2,2-5H3. The van der Waals surface area contributed by atoms with Crippen LogP contribution in [0.4, 0.5) is 5.69 Å². The van der Waals surface area contributed by atoms with Crippen molar-refractivity contribution in [2.75, 3.05) is 4.90 Å². The third kappa shape index (κ3) is 4.23. The fourth-order valence-corrected chi connectivity index (χ4v) is 4.06. The average molecular weight is 454 g/mol. The zero-order valence-corrected chi connectivity index (χ0v) is 20.0. The van der Waals surface area contributed by atoms with Gasteiger partial charge in [-0.05, 0) is 54.8 Å². The molecule has 1 aliphatic heterocycles. The van der Waals surface area contributed by atoms with Crippen LogP contribution < -0.4 is 9.64 Å². The number of hydrogen-bond acceptors (Lipinski definition) is 4. The van der Waals surface area contributed by atoms with Gasteiger partial charge in [0.25, 0.3) is 11.8 Å². The minimum absolute atomic E-state index is 0.277. The number of nitrogens with zero attached hydrogens (tertiary/aromatic N) is 1. The number of carbonyl (C=O) groups is 3. The predicted octanol–water partition coefficient (Wildman–Crippen LogP) is 5.35. The monoisotopic (exact) mass is 453 g/mol. The van der Waals surface area contributed by atoms with E-state index in [1.807, 2.05) is 18.2 Å². The largest absolute Gasteiger partial charge is 0.423 e. The number of amides is 2. The average Bonchev–Trinajstić information content (AvgIpc) is 2.76. The summed E-state index contributed by atoms with van der Waals surface area (Å²) in [6.07, 6.45) is 0. The van der Waals surface area contributed by atoms with Crippen LogP contribution in [-0.4, -0.2) is 25.9 Å². The maximum absolute atomic E-state index is 13.4. The number of hydrogen-bond donors (Lipinski definition) is 0. The zero-order valence-electron chi connectivity index (χ0n) is 19.0. The van der Waals surface area contributed by atoms with Crippen molar-refractivity contribution in [1.29, 1.82) is 0 Å². The molecule has 1 heterocycles. The Morgan fingerprint density at radius 1 is 0.939 bits per heavy atom. The molecule has 0 spiro atoms. The molecule has 2 amide bonds. The fraction of sp³-hybridized carbons (Fsp3) is 0.148. The van der Waals surface area contributed by atoms with E-state index in [0.717, 1.165) is 15.8 Å². The number of imide groups is 1. The Kier molecular flexibility index (Phi) is 5.52. The molecule has 6 heteroatoms. The number of rotatable bonds is 3. The second-order valence-corrected chi connectivity index (χ2v) is 13.7. The van der Waals surface area contributed by atoms with Gasteiger partial charge in [-0.15, -0.1) is 5.54 Å². The molecule has 164 valence electrons. The van der Waals surface area contributed by atoms with Gasteiger partial charge < -0.3 is 4.74 Å². The smallest absolute Gasteiger partial charge is 0.338 e. The molecule has 0 radical (unpaired) electrons. The highest BCUT2D eigenvalue weighted by molar-refractivity contribution is 6.83. The highest BCUT2D eigenvalue weighted by Gasteiger charge is 2.34. The van der Waals surface area contributed by atoms with Crippen LogP contribution in [0.1, 0.15) is 33.2 Å². The van der Waals surface area contributed by atoms with Crippen LogP contribution in [-0.2, 0) is 4.79 Å². The quantitative estimate of drug-likeness (QED) is 0.134. The Hall–Kier alpha value is -3.95. The molecule has 0 aromatic heterocycles. The molecule has 0 bridgehead atoms. The van der Waals surface area contributed by atoms with Crippen LogP contribution in [0.3, 0.4) is 0 Å². The molecular weight excluding hydrogens is 430 g/mol. The highest BCUT2D eigenvalue weighted by Crippen LogP contribution is 2.34. The summed E-state index contributed by atoms with van der Waals surface area (Å²) in [7, 11) is -1.59. The summed E-state index contributed by atoms with van der Waals surface area (Å²) in [6, 6.07) is 15.3. The second kappa shape index (κ2) is 8.19. The number of benzene rings is 3. The third-order valence-corrected chi connectivity index (χ3v) is 6.01. The fourth-order valence-electron chi connectivity index (χ4n) is 3.55. The lowest BCUT2D eigenvalue weighted by Gasteiger charge is -2.27. The summed E-state index contributed by atoms with van der Waals surface area (Å²) in [5.74, 6) is 2.22. The summed E-state index contributed by atoms with van der Waals surface area (Å²) in [5.41, 5.74) is 5.75. The molecule has 0 aliphatic carbocycles. The Morgan fingerprint density at radius 3 is 2.18 bits per heavy atom. The number of carbonyl (C=O) groups excluding carboxylic acids is 3. The molecule has 0 unspecified atom stereocenters. The van der Waals surface area contributed by atoms with Gasteiger partial charge in [0.1, 0.15) is 13.8 Å². The summed E-state index contributed by atoms with van der Waals surface area (Å²) in [6.45, 7) is 11.6. The highest BCUT2D eigenvalue weighted by atomic mass is 28.3. The lowest BCUT2D eigenvalue weighted by molar-refractivity contribution is -0.130. The van der Waals surface area contributed by atoms with E-state index < -0.39 is 25.9 Å². The number of esters is 1. The van der Waals surface area contributed by atoms with E-state index in [1.165, 1.54) is 0 Å². The predicted molar refractivity (Wildman–Crippen MR) is 132 cm³/mol. The van der Waals surface area contributed by atoms with Gasteiger partial charge in [-0.2, -0.15) is 0 Å². The molecule has 4 rings (SSSR count). The van der Waals surface area contributed by atoms with E-state index in [4.69, 9.17) is 4.74 Å². The molecule has 3 aromatic carbocycles. The lowest BCUT2D eigenvalue weighted by atomic mass is 9.91. The van der Waals surface area contributed by atoms with E-state index in [0.29, 0.717) is 28.0 Å². The second-order valence-electron chi connectivity index (χ2n) is 9.00. The van der Waals surface area contributed by atoms with Crippen molar-refractivity contribution in [3.8, 4) is 17.2 Å². The summed E-state index contributed by atoms with van der Waals surface area (Å²) in [5, 5.41) is 1.44. The Morgan fingerprint density at radius 2 is 1.58 bits per heavy atom. The molecule has 0 N–H and O–H groups in total. The zero-order chi connectivity index (χ0) is 23.9. The normalized spacial score (nSPS) is 12.9. The molecule has 0 atom stereocenters.